The topological polar surface area (TPSA) is 65.1 Å². The molecule has 10 heteroatoms. The maximum Gasteiger partial charge on any atom is 0.573 e. The molecule has 1 aliphatic rings. The summed E-state index contributed by atoms with van der Waals surface area (Å²) in [4.78, 5) is 5.00. The summed E-state index contributed by atoms with van der Waals surface area (Å²) in [6, 6.07) is 20.4. The van der Waals surface area contributed by atoms with Crippen LogP contribution in [0.25, 0.3) is 33.5 Å². The highest BCUT2D eigenvalue weighted by Crippen LogP contribution is 2.47. The third kappa shape index (κ3) is 5.68. The number of rotatable bonds is 9. The first-order valence-electron chi connectivity index (χ1n) is 14.0. The maximum absolute atomic E-state index is 13.5. The maximum atomic E-state index is 13.5. The second kappa shape index (κ2) is 11.2. The van der Waals surface area contributed by atoms with Crippen molar-refractivity contribution in [2.45, 2.75) is 44.7 Å². The second-order valence-electron chi connectivity index (χ2n) is 10.8. The number of nitrogens with zero attached hydrogens (tertiary/aromatic N) is 4. The highest BCUT2D eigenvalue weighted by atomic mass is 31.1. The van der Waals surface area contributed by atoms with Crippen molar-refractivity contribution in [3.63, 3.8) is 0 Å². The minimum absolute atomic E-state index is 0.231. The fourth-order valence-corrected chi connectivity index (χ4v) is 6.48. The molecule has 2 unspecified atom stereocenters. The van der Waals surface area contributed by atoms with E-state index in [0.717, 1.165) is 57.7 Å². The van der Waals surface area contributed by atoms with Gasteiger partial charge in [-0.15, -0.1) is 13.2 Å². The summed E-state index contributed by atoms with van der Waals surface area (Å²) in [6.45, 7) is 4.36. The average molecular weight is 593 g/mol. The SMILES string of the molecule is CCP(C)c1ccc(-c2nc(-c3cccc4nn(CC(O)c5ccccc5)cc34)c(C3CC3)n2C)c(OC(F)(F)F)c1. The van der Waals surface area contributed by atoms with Gasteiger partial charge in [0, 0.05) is 35.8 Å². The molecule has 2 heterocycles. The van der Waals surface area contributed by atoms with Crippen molar-refractivity contribution in [3.05, 3.63) is 84.2 Å². The molecule has 1 fully saturated rings. The Morgan fingerprint density at radius 3 is 2.50 bits per heavy atom. The number of aliphatic hydroxyl groups is 1. The molecule has 1 aliphatic carbocycles. The smallest absolute Gasteiger partial charge is 0.405 e. The fraction of sp³-hybridized carbons (Fsp3) is 0.312. The molecule has 0 saturated heterocycles. The van der Waals surface area contributed by atoms with Gasteiger partial charge in [-0.1, -0.05) is 63.4 Å². The predicted octanol–water partition coefficient (Wildman–Crippen LogP) is 7.37. The van der Waals surface area contributed by atoms with Crippen molar-refractivity contribution in [3.8, 4) is 28.4 Å². The van der Waals surface area contributed by atoms with Gasteiger partial charge in [0.2, 0.25) is 0 Å². The monoisotopic (exact) mass is 592 g/mol. The Morgan fingerprint density at radius 1 is 1.05 bits per heavy atom. The molecule has 6 rings (SSSR count). The van der Waals surface area contributed by atoms with Gasteiger partial charge >= 0.3 is 6.36 Å². The van der Waals surface area contributed by atoms with E-state index < -0.39 is 20.4 Å². The molecule has 6 nitrogen and oxygen atoms in total. The molecule has 3 aromatic carbocycles. The Labute approximate surface area is 243 Å². The van der Waals surface area contributed by atoms with Gasteiger partial charge in [0.15, 0.2) is 0 Å². The number of halogens is 3. The molecule has 2 aromatic heterocycles. The quantitative estimate of drug-likeness (QED) is 0.182. The van der Waals surface area contributed by atoms with Crippen molar-refractivity contribution < 1.29 is 23.0 Å². The first kappa shape index (κ1) is 28.4. The van der Waals surface area contributed by atoms with Crippen LogP contribution in [0.4, 0.5) is 13.2 Å². The van der Waals surface area contributed by atoms with E-state index in [1.165, 1.54) is 6.07 Å². The van der Waals surface area contributed by atoms with Crippen LogP contribution in [-0.2, 0) is 13.6 Å². The molecule has 0 amide bonds. The van der Waals surface area contributed by atoms with E-state index in [2.05, 4.69) is 4.74 Å². The average Bonchev–Trinajstić information content (AvgIpc) is 3.63. The van der Waals surface area contributed by atoms with Crippen molar-refractivity contribution in [1.29, 1.82) is 0 Å². The Hall–Kier alpha value is -3.68. The van der Waals surface area contributed by atoms with Crippen LogP contribution in [0, 0.1) is 0 Å². The van der Waals surface area contributed by atoms with Gasteiger partial charge in [-0.3, -0.25) is 4.68 Å². The molecule has 218 valence electrons. The first-order valence-corrected chi connectivity index (χ1v) is 16.0. The zero-order valence-electron chi connectivity index (χ0n) is 23.6. The first-order chi connectivity index (χ1) is 20.1. The normalized spacial score (nSPS) is 15.2. The summed E-state index contributed by atoms with van der Waals surface area (Å²) in [6.07, 6.45) is -0.799. The molecule has 0 spiro atoms. The van der Waals surface area contributed by atoms with E-state index in [1.807, 2.05) is 86.0 Å². The standard InChI is InChI=1S/C32H32F3N4O2P/c1-4-42(3)22-15-16-24(28(17-22)41-32(33,34)35)31-36-29(30(38(31)2)21-13-14-21)23-11-8-12-26-25(23)18-39(37-26)19-27(40)20-9-6-5-7-10-20/h5-12,15-18,21,27,40H,4,13-14,19H2,1-3H3. The van der Waals surface area contributed by atoms with Crippen LogP contribution in [-0.4, -0.2) is 43.6 Å². The van der Waals surface area contributed by atoms with Crippen molar-refractivity contribution in [2.75, 3.05) is 12.8 Å². The Bertz CT molecular complexity index is 1730. The summed E-state index contributed by atoms with van der Waals surface area (Å²) >= 11 is 0. The van der Waals surface area contributed by atoms with Crippen molar-refractivity contribution in [1.82, 2.24) is 19.3 Å². The molecule has 2 atom stereocenters. The second-order valence-corrected chi connectivity index (χ2v) is 13.3. The van der Waals surface area contributed by atoms with Gasteiger partial charge in [0.05, 0.1) is 29.4 Å². The lowest BCUT2D eigenvalue weighted by atomic mass is 10.0. The number of ether oxygens (including phenoxy) is 1. The van der Waals surface area contributed by atoms with E-state index in [-0.39, 0.29) is 18.2 Å². The number of aliphatic hydroxyl groups excluding tert-OH is 1. The molecular weight excluding hydrogens is 560 g/mol. The number of benzene rings is 3. The van der Waals surface area contributed by atoms with Crippen molar-refractivity contribution in [2.24, 2.45) is 7.05 Å². The van der Waals surface area contributed by atoms with Crippen molar-refractivity contribution >= 4 is 24.1 Å². The van der Waals surface area contributed by atoms with Gasteiger partial charge in [0.25, 0.3) is 0 Å². The number of fused-ring (bicyclic) bond motifs is 1. The zero-order chi connectivity index (χ0) is 29.6. The number of hydrogen-bond acceptors (Lipinski definition) is 4. The highest BCUT2D eigenvalue weighted by molar-refractivity contribution is 7.64. The molecule has 0 aliphatic heterocycles. The molecule has 1 N–H and O–H groups in total. The van der Waals surface area contributed by atoms with Gasteiger partial charge in [0.1, 0.15) is 11.6 Å². The van der Waals surface area contributed by atoms with E-state index >= 15 is 0 Å². The number of alkyl halides is 3. The molecular formula is C32H32F3N4O2P. The van der Waals surface area contributed by atoms with Crippen LogP contribution in [0.3, 0.4) is 0 Å². The summed E-state index contributed by atoms with van der Waals surface area (Å²) in [5.74, 6) is 0.468. The highest BCUT2D eigenvalue weighted by Gasteiger charge is 2.36. The largest absolute Gasteiger partial charge is 0.573 e. The zero-order valence-corrected chi connectivity index (χ0v) is 24.5. The lowest BCUT2D eigenvalue weighted by Gasteiger charge is -2.17. The molecule has 1 saturated carbocycles. The summed E-state index contributed by atoms with van der Waals surface area (Å²) in [7, 11) is 1.27. The van der Waals surface area contributed by atoms with Gasteiger partial charge < -0.3 is 14.4 Å². The molecule has 5 aromatic rings. The minimum Gasteiger partial charge on any atom is -0.405 e. The predicted molar refractivity (Wildman–Crippen MR) is 160 cm³/mol. The number of imidazole rings is 1. The van der Waals surface area contributed by atoms with Gasteiger partial charge in [-0.25, -0.2) is 4.98 Å². The Morgan fingerprint density at radius 2 is 1.81 bits per heavy atom. The third-order valence-corrected chi connectivity index (χ3v) is 9.96. The van der Waals surface area contributed by atoms with E-state index in [1.54, 1.807) is 10.7 Å². The Balaban J connectivity index is 1.45. The summed E-state index contributed by atoms with van der Waals surface area (Å²) < 4.78 is 48.9. The van der Waals surface area contributed by atoms with Crippen LogP contribution >= 0.6 is 7.92 Å². The number of hydrogen-bond donors (Lipinski definition) is 1. The van der Waals surface area contributed by atoms with Gasteiger partial charge in [-0.2, -0.15) is 5.10 Å². The summed E-state index contributed by atoms with van der Waals surface area (Å²) in [5.41, 5.74) is 4.44. The Kier molecular flexibility index (Phi) is 7.58. The summed E-state index contributed by atoms with van der Waals surface area (Å²) in [5, 5.41) is 17.2. The third-order valence-electron chi connectivity index (χ3n) is 7.85. The van der Waals surface area contributed by atoms with Gasteiger partial charge in [-0.05, 0) is 54.7 Å². The van der Waals surface area contributed by atoms with E-state index in [4.69, 9.17) is 10.1 Å². The van der Waals surface area contributed by atoms with Crippen LogP contribution in [0.5, 0.6) is 5.75 Å². The minimum atomic E-state index is -4.83. The molecule has 0 bridgehead atoms. The fourth-order valence-electron chi connectivity index (χ4n) is 5.45. The lowest BCUT2D eigenvalue weighted by Crippen LogP contribution is -2.19. The van der Waals surface area contributed by atoms with E-state index in [9.17, 15) is 18.3 Å². The molecule has 42 heavy (non-hydrogen) atoms. The van der Waals surface area contributed by atoms with Crippen LogP contribution in [0.1, 0.15) is 43.0 Å². The van der Waals surface area contributed by atoms with E-state index in [0.29, 0.717) is 11.4 Å². The lowest BCUT2D eigenvalue weighted by molar-refractivity contribution is -0.274. The number of aromatic nitrogens is 4. The molecule has 0 radical (unpaired) electrons. The van der Waals surface area contributed by atoms with Crippen LogP contribution < -0.4 is 10.0 Å². The van der Waals surface area contributed by atoms with Crippen LogP contribution in [0.15, 0.2) is 72.9 Å². The van der Waals surface area contributed by atoms with Crippen LogP contribution in [0.2, 0.25) is 0 Å².